The number of aryl methyl sites for hydroxylation is 3. The Morgan fingerprint density at radius 1 is 0.826 bits per heavy atom. The molecule has 0 unspecified atom stereocenters. The molecule has 0 amide bonds. The first-order valence-electron chi connectivity index (χ1n) is 7.62. The lowest BCUT2D eigenvalue weighted by molar-refractivity contribution is 1.16. The maximum atomic E-state index is 4.53. The highest BCUT2D eigenvalue weighted by molar-refractivity contribution is 5.66. The van der Waals surface area contributed by atoms with E-state index in [1.165, 1.54) is 16.7 Å². The predicted octanol–water partition coefficient (Wildman–Crippen LogP) is 4.89. The molecule has 0 fully saturated rings. The van der Waals surface area contributed by atoms with E-state index in [0.717, 1.165) is 17.2 Å². The minimum absolute atomic E-state index is 0.573. The zero-order valence-corrected chi connectivity index (χ0v) is 13.6. The number of rotatable bonds is 4. The van der Waals surface area contributed by atoms with Crippen molar-refractivity contribution >= 4 is 23.1 Å². The molecule has 0 bridgehead atoms. The molecule has 1 heterocycles. The van der Waals surface area contributed by atoms with Gasteiger partial charge in [0.2, 0.25) is 5.95 Å². The highest BCUT2D eigenvalue weighted by Gasteiger charge is 2.06. The smallest absolute Gasteiger partial charge is 0.229 e. The van der Waals surface area contributed by atoms with E-state index in [2.05, 4.69) is 53.5 Å². The molecule has 3 aromatic rings. The molecular weight excluding hydrogens is 284 g/mol. The third-order valence-corrected chi connectivity index (χ3v) is 3.62. The summed E-state index contributed by atoms with van der Waals surface area (Å²) in [6, 6.07) is 16.1. The lowest BCUT2D eigenvalue weighted by Gasteiger charge is -2.14. The third-order valence-electron chi connectivity index (χ3n) is 3.62. The molecule has 2 aromatic carbocycles. The van der Waals surface area contributed by atoms with E-state index >= 15 is 0 Å². The third kappa shape index (κ3) is 3.66. The molecule has 0 saturated carbocycles. The zero-order valence-electron chi connectivity index (χ0n) is 13.6. The van der Waals surface area contributed by atoms with Crippen LogP contribution in [0.4, 0.5) is 23.1 Å². The summed E-state index contributed by atoms with van der Waals surface area (Å²) in [6.07, 6.45) is 1.75. The standard InChI is InChI=1S/C19H20N4/c1-13-11-14(2)18(15(3)12-13)22-17-9-10-20-19(23-17)21-16-7-5-4-6-8-16/h4-12H,1-3H3,(H2,20,21,22,23). The fourth-order valence-electron chi connectivity index (χ4n) is 2.64. The number of aromatic nitrogens is 2. The fraction of sp³-hybridized carbons (Fsp3) is 0.158. The average Bonchev–Trinajstić information content (AvgIpc) is 2.52. The summed E-state index contributed by atoms with van der Waals surface area (Å²) >= 11 is 0. The van der Waals surface area contributed by atoms with Crippen LogP contribution in [0.15, 0.2) is 54.7 Å². The Morgan fingerprint density at radius 3 is 2.22 bits per heavy atom. The molecule has 0 spiro atoms. The molecule has 4 nitrogen and oxygen atoms in total. The number of hydrogen-bond acceptors (Lipinski definition) is 4. The van der Waals surface area contributed by atoms with Crippen molar-refractivity contribution < 1.29 is 0 Å². The number of hydrogen-bond donors (Lipinski definition) is 2. The van der Waals surface area contributed by atoms with Gasteiger partial charge in [0.15, 0.2) is 0 Å². The molecule has 23 heavy (non-hydrogen) atoms. The molecule has 0 saturated heterocycles. The van der Waals surface area contributed by atoms with Gasteiger partial charge >= 0.3 is 0 Å². The number of para-hydroxylation sites is 1. The lowest BCUT2D eigenvalue weighted by atomic mass is 10.1. The van der Waals surface area contributed by atoms with Gasteiger partial charge in [-0.1, -0.05) is 35.9 Å². The minimum Gasteiger partial charge on any atom is -0.340 e. The van der Waals surface area contributed by atoms with Crippen molar-refractivity contribution in [2.24, 2.45) is 0 Å². The van der Waals surface area contributed by atoms with Crippen molar-refractivity contribution in [1.29, 1.82) is 0 Å². The molecule has 1 aromatic heterocycles. The zero-order chi connectivity index (χ0) is 16.2. The Balaban J connectivity index is 1.83. The van der Waals surface area contributed by atoms with E-state index in [0.29, 0.717) is 5.95 Å². The maximum Gasteiger partial charge on any atom is 0.229 e. The summed E-state index contributed by atoms with van der Waals surface area (Å²) in [7, 11) is 0. The van der Waals surface area contributed by atoms with Crippen LogP contribution in [0.5, 0.6) is 0 Å². The number of nitrogens with one attached hydrogen (secondary N) is 2. The normalized spacial score (nSPS) is 10.4. The van der Waals surface area contributed by atoms with Gasteiger partial charge in [-0.3, -0.25) is 0 Å². The first-order chi connectivity index (χ1) is 11.1. The summed E-state index contributed by atoms with van der Waals surface area (Å²) in [6.45, 7) is 6.32. The first kappa shape index (κ1) is 15.0. The molecule has 0 atom stereocenters. The van der Waals surface area contributed by atoms with Gasteiger partial charge in [0.25, 0.3) is 0 Å². The van der Waals surface area contributed by atoms with Crippen molar-refractivity contribution in [2.45, 2.75) is 20.8 Å². The Hall–Kier alpha value is -2.88. The van der Waals surface area contributed by atoms with E-state index in [9.17, 15) is 0 Å². The topological polar surface area (TPSA) is 49.8 Å². The van der Waals surface area contributed by atoms with Gasteiger partial charge in [-0.25, -0.2) is 4.98 Å². The predicted molar refractivity (Wildman–Crippen MR) is 95.7 cm³/mol. The van der Waals surface area contributed by atoms with Crippen LogP contribution in [0, 0.1) is 20.8 Å². The van der Waals surface area contributed by atoms with Crippen molar-refractivity contribution in [3.8, 4) is 0 Å². The van der Waals surface area contributed by atoms with Crippen molar-refractivity contribution in [2.75, 3.05) is 10.6 Å². The minimum atomic E-state index is 0.573. The molecule has 0 aliphatic rings. The molecule has 4 heteroatoms. The lowest BCUT2D eigenvalue weighted by Crippen LogP contribution is -2.02. The number of anilines is 4. The Kier molecular flexibility index (Phi) is 4.24. The molecule has 116 valence electrons. The van der Waals surface area contributed by atoms with Crippen LogP contribution in [-0.4, -0.2) is 9.97 Å². The molecule has 3 rings (SSSR count). The van der Waals surface area contributed by atoms with Crippen molar-refractivity contribution in [3.05, 3.63) is 71.4 Å². The van der Waals surface area contributed by atoms with Gasteiger partial charge in [-0.2, -0.15) is 4.98 Å². The quantitative estimate of drug-likeness (QED) is 0.720. The van der Waals surface area contributed by atoms with Gasteiger partial charge in [0, 0.05) is 17.6 Å². The largest absolute Gasteiger partial charge is 0.340 e. The van der Waals surface area contributed by atoms with Crippen LogP contribution in [0.3, 0.4) is 0 Å². The van der Waals surface area contributed by atoms with Crippen molar-refractivity contribution in [3.63, 3.8) is 0 Å². The van der Waals surface area contributed by atoms with Gasteiger partial charge in [-0.05, 0) is 50.1 Å². The first-order valence-corrected chi connectivity index (χ1v) is 7.62. The van der Waals surface area contributed by atoms with Crippen LogP contribution in [-0.2, 0) is 0 Å². The Bertz CT molecular complexity index is 790. The van der Waals surface area contributed by atoms with Crippen LogP contribution in [0.25, 0.3) is 0 Å². The maximum absolute atomic E-state index is 4.53. The average molecular weight is 304 g/mol. The summed E-state index contributed by atoms with van der Waals surface area (Å²) in [5, 5.41) is 6.61. The molecular formula is C19H20N4. The highest BCUT2D eigenvalue weighted by atomic mass is 15.1. The molecule has 0 aliphatic heterocycles. The summed E-state index contributed by atoms with van der Waals surface area (Å²) in [4.78, 5) is 8.81. The summed E-state index contributed by atoms with van der Waals surface area (Å²) in [5.41, 5.74) is 5.74. The van der Waals surface area contributed by atoms with Crippen molar-refractivity contribution in [1.82, 2.24) is 9.97 Å². The van der Waals surface area contributed by atoms with Gasteiger partial charge in [0.1, 0.15) is 5.82 Å². The Morgan fingerprint density at radius 2 is 1.52 bits per heavy atom. The van der Waals surface area contributed by atoms with Crippen LogP contribution in [0.1, 0.15) is 16.7 Å². The number of benzene rings is 2. The SMILES string of the molecule is Cc1cc(C)c(Nc2ccnc(Nc3ccccc3)n2)c(C)c1. The second kappa shape index (κ2) is 6.48. The fourth-order valence-corrected chi connectivity index (χ4v) is 2.64. The van der Waals surface area contributed by atoms with E-state index in [4.69, 9.17) is 0 Å². The summed E-state index contributed by atoms with van der Waals surface area (Å²) < 4.78 is 0. The number of nitrogens with zero attached hydrogens (tertiary/aromatic N) is 2. The van der Waals surface area contributed by atoms with Gasteiger partial charge in [0.05, 0.1) is 0 Å². The Labute approximate surface area is 136 Å². The monoisotopic (exact) mass is 304 g/mol. The van der Waals surface area contributed by atoms with Gasteiger partial charge in [-0.15, -0.1) is 0 Å². The van der Waals surface area contributed by atoms with E-state index in [-0.39, 0.29) is 0 Å². The molecule has 2 N–H and O–H groups in total. The highest BCUT2D eigenvalue weighted by Crippen LogP contribution is 2.25. The van der Waals surface area contributed by atoms with E-state index < -0.39 is 0 Å². The summed E-state index contributed by atoms with van der Waals surface area (Å²) in [5.74, 6) is 1.34. The molecule has 0 radical (unpaired) electrons. The second-order valence-corrected chi connectivity index (χ2v) is 5.66. The second-order valence-electron chi connectivity index (χ2n) is 5.66. The molecule has 0 aliphatic carbocycles. The van der Waals surface area contributed by atoms with E-state index in [1.54, 1.807) is 6.20 Å². The van der Waals surface area contributed by atoms with Crippen LogP contribution in [0.2, 0.25) is 0 Å². The van der Waals surface area contributed by atoms with Gasteiger partial charge < -0.3 is 10.6 Å². The van der Waals surface area contributed by atoms with E-state index in [1.807, 2.05) is 36.4 Å². The van der Waals surface area contributed by atoms with Crippen LogP contribution < -0.4 is 10.6 Å². The van der Waals surface area contributed by atoms with Crippen LogP contribution >= 0.6 is 0 Å².